The van der Waals surface area contributed by atoms with Crippen molar-refractivity contribution >= 4 is 16.9 Å². The highest BCUT2D eigenvalue weighted by Gasteiger charge is 2.08. The molecule has 0 spiro atoms. The first-order valence-electron chi connectivity index (χ1n) is 6.58. The summed E-state index contributed by atoms with van der Waals surface area (Å²) in [6, 6.07) is 2.29. The number of allylic oxidation sites excluding steroid dienone is 2. The number of rotatable bonds is 6. The van der Waals surface area contributed by atoms with Crippen LogP contribution in [0.15, 0.2) is 29.8 Å². The van der Waals surface area contributed by atoms with Crippen molar-refractivity contribution in [2.45, 2.75) is 39.0 Å². The molecule has 2 heteroatoms. The lowest BCUT2D eigenvalue weighted by molar-refractivity contribution is 0.667. The number of nitrogens with one attached hydrogen (secondary N) is 1. The predicted molar refractivity (Wildman–Crippen MR) is 77.3 cm³/mol. The molecule has 1 aliphatic rings. The molecule has 0 saturated heterocycles. The summed E-state index contributed by atoms with van der Waals surface area (Å²) in [6.07, 6.45) is 13.1. The molecule has 2 heterocycles. The maximum Gasteiger partial charge on any atom is 0.0372 e. The number of thiophene rings is 1. The molecule has 2 rings (SSSR count). The minimum Gasteiger partial charge on any atom is -0.387 e. The topological polar surface area (TPSA) is 12.0 Å². The smallest absolute Gasteiger partial charge is 0.0372 e. The molecule has 1 aromatic rings. The summed E-state index contributed by atoms with van der Waals surface area (Å²) in [4.78, 5) is 1.47. The van der Waals surface area contributed by atoms with E-state index in [0.717, 1.165) is 6.54 Å². The summed E-state index contributed by atoms with van der Waals surface area (Å²) < 4.78 is 0. The first-order valence-corrected chi connectivity index (χ1v) is 7.46. The zero-order valence-corrected chi connectivity index (χ0v) is 11.4. The summed E-state index contributed by atoms with van der Waals surface area (Å²) in [6.45, 7) is 3.22. The maximum atomic E-state index is 3.20. The molecule has 0 unspecified atom stereocenters. The van der Waals surface area contributed by atoms with Crippen molar-refractivity contribution in [2.24, 2.45) is 0 Å². The molecule has 17 heavy (non-hydrogen) atoms. The third-order valence-electron chi connectivity index (χ3n) is 3.13. The Balaban J connectivity index is 1.96. The SMILES string of the molecule is CCCCCCc1ccsc1C1=CCNC=C1. The molecule has 0 saturated carbocycles. The van der Waals surface area contributed by atoms with Crippen LogP contribution in [0, 0.1) is 0 Å². The van der Waals surface area contributed by atoms with Gasteiger partial charge in [0.2, 0.25) is 0 Å². The Bertz CT molecular complexity index is 401. The lowest BCUT2D eigenvalue weighted by atomic mass is 10.0. The van der Waals surface area contributed by atoms with E-state index in [1.54, 1.807) is 0 Å². The summed E-state index contributed by atoms with van der Waals surface area (Å²) in [7, 11) is 0. The molecular weight excluding hydrogens is 226 g/mol. The average molecular weight is 247 g/mol. The van der Waals surface area contributed by atoms with Crippen LogP contribution in [0.1, 0.15) is 43.0 Å². The van der Waals surface area contributed by atoms with E-state index in [2.05, 4.69) is 42.0 Å². The van der Waals surface area contributed by atoms with Crippen molar-refractivity contribution < 1.29 is 0 Å². The van der Waals surface area contributed by atoms with Gasteiger partial charge in [-0.1, -0.05) is 32.3 Å². The number of aryl methyl sites for hydroxylation is 1. The average Bonchev–Trinajstić information content (AvgIpc) is 2.84. The maximum absolute atomic E-state index is 3.20. The number of unbranched alkanes of at least 4 members (excludes halogenated alkanes) is 3. The van der Waals surface area contributed by atoms with Crippen molar-refractivity contribution in [3.63, 3.8) is 0 Å². The second-order valence-electron chi connectivity index (χ2n) is 4.49. The number of dihydropyridines is 1. The van der Waals surface area contributed by atoms with Gasteiger partial charge in [-0.3, -0.25) is 0 Å². The van der Waals surface area contributed by atoms with E-state index in [0.29, 0.717) is 0 Å². The van der Waals surface area contributed by atoms with Crippen LogP contribution in [-0.2, 0) is 6.42 Å². The Kier molecular flexibility index (Phi) is 4.87. The van der Waals surface area contributed by atoms with Crippen LogP contribution in [0.5, 0.6) is 0 Å². The third-order valence-corrected chi connectivity index (χ3v) is 4.13. The predicted octanol–water partition coefficient (Wildman–Crippen LogP) is 4.37. The number of hydrogen-bond acceptors (Lipinski definition) is 2. The van der Waals surface area contributed by atoms with Gasteiger partial charge in [0.05, 0.1) is 0 Å². The minimum absolute atomic E-state index is 0.957. The summed E-state index contributed by atoms with van der Waals surface area (Å²) in [5, 5.41) is 5.43. The minimum atomic E-state index is 0.957. The third kappa shape index (κ3) is 3.47. The second-order valence-corrected chi connectivity index (χ2v) is 5.40. The van der Waals surface area contributed by atoms with E-state index in [1.165, 1.54) is 48.1 Å². The van der Waals surface area contributed by atoms with Crippen LogP contribution in [0.4, 0.5) is 0 Å². The Labute approximate surface area is 108 Å². The van der Waals surface area contributed by atoms with E-state index in [9.17, 15) is 0 Å². The van der Waals surface area contributed by atoms with Gasteiger partial charge in [0, 0.05) is 11.4 Å². The first kappa shape index (κ1) is 12.4. The zero-order chi connectivity index (χ0) is 11.9. The van der Waals surface area contributed by atoms with Gasteiger partial charge in [0.15, 0.2) is 0 Å². The van der Waals surface area contributed by atoms with Crippen molar-refractivity contribution in [2.75, 3.05) is 6.54 Å². The molecule has 1 aromatic heterocycles. The molecule has 0 bridgehead atoms. The highest BCUT2D eigenvalue weighted by molar-refractivity contribution is 7.11. The molecule has 92 valence electrons. The van der Waals surface area contributed by atoms with Gasteiger partial charge in [-0.2, -0.15) is 0 Å². The van der Waals surface area contributed by atoms with Crippen molar-refractivity contribution in [1.29, 1.82) is 0 Å². The molecule has 0 amide bonds. The summed E-state index contributed by atoms with van der Waals surface area (Å²) in [5.74, 6) is 0. The van der Waals surface area contributed by atoms with Crippen molar-refractivity contribution in [1.82, 2.24) is 5.32 Å². The standard InChI is InChI=1S/C15H21NS/c1-2-3-4-5-6-13-9-12-17-15(13)14-7-10-16-11-8-14/h7-10,12,16H,2-6,11H2,1H3. The second kappa shape index (κ2) is 6.65. The lowest BCUT2D eigenvalue weighted by Crippen LogP contribution is -2.08. The van der Waals surface area contributed by atoms with Gasteiger partial charge < -0.3 is 5.32 Å². The van der Waals surface area contributed by atoms with Crippen LogP contribution < -0.4 is 5.32 Å². The summed E-state index contributed by atoms with van der Waals surface area (Å²) >= 11 is 1.87. The fourth-order valence-electron chi connectivity index (χ4n) is 2.15. The van der Waals surface area contributed by atoms with Crippen molar-refractivity contribution in [3.05, 3.63) is 40.2 Å². The Hall–Kier alpha value is -1.02. The largest absolute Gasteiger partial charge is 0.387 e. The van der Waals surface area contributed by atoms with Gasteiger partial charge in [0.1, 0.15) is 0 Å². The normalized spacial score (nSPS) is 14.5. The fraction of sp³-hybridized carbons (Fsp3) is 0.467. The zero-order valence-electron chi connectivity index (χ0n) is 10.5. The molecule has 0 aliphatic carbocycles. The van der Waals surface area contributed by atoms with E-state index in [1.807, 2.05) is 11.3 Å². The van der Waals surface area contributed by atoms with Gasteiger partial charge in [0.25, 0.3) is 0 Å². The van der Waals surface area contributed by atoms with Gasteiger partial charge in [-0.15, -0.1) is 11.3 Å². The van der Waals surface area contributed by atoms with Crippen LogP contribution in [-0.4, -0.2) is 6.54 Å². The van der Waals surface area contributed by atoms with Crippen molar-refractivity contribution in [3.8, 4) is 0 Å². The molecule has 1 aliphatic heterocycles. The number of hydrogen-bond donors (Lipinski definition) is 1. The first-order chi connectivity index (χ1) is 8.42. The molecule has 0 fully saturated rings. The highest BCUT2D eigenvalue weighted by atomic mass is 32.1. The van der Waals surface area contributed by atoms with E-state index < -0.39 is 0 Å². The van der Waals surface area contributed by atoms with Crippen LogP contribution in [0.2, 0.25) is 0 Å². The van der Waals surface area contributed by atoms with Crippen LogP contribution >= 0.6 is 11.3 Å². The highest BCUT2D eigenvalue weighted by Crippen LogP contribution is 2.28. The van der Waals surface area contributed by atoms with Gasteiger partial charge in [-0.05, 0) is 47.7 Å². The Morgan fingerprint density at radius 1 is 1.29 bits per heavy atom. The fourth-order valence-corrected chi connectivity index (χ4v) is 3.13. The Morgan fingerprint density at radius 2 is 2.24 bits per heavy atom. The van der Waals surface area contributed by atoms with Gasteiger partial charge >= 0.3 is 0 Å². The lowest BCUT2D eigenvalue weighted by Gasteiger charge is -2.09. The van der Waals surface area contributed by atoms with E-state index >= 15 is 0 Å². The molecule has 0 aromatic carbocycles. The van der Waals surface area contributed by atoms with Crippen LogP contribution in [0.25, 0.3) is 5.57 Å². The van der Waals surface area contributed by atoms with E-state index in [-0.39, 0.29) is 0 Å². The molecule has 1 nitrogen and oxygen atoms in total. The monoisotopic (exact) mass is 247 g/mol. The molecule has 0 atom stereocenters. The summed E-state index contributed by atoms with van der Waals surface area (Å²) in [5.41, 5.74) is 2.92. The van der Waals surface area contributed by atoms with E-state index in [4.69, 9.17) is 0 Å². The molecule has 0 radical (unpaired) electrons. The molecule has 1 N–H and O–H groups in total. The Morgan fingerprint density at radius 3 is 3.00 bits per heavy atom. The quantitative estimate of drug-likeness (QED) is 0.736. The van der Waals surface area contributed by atoms with Crippen LogP contribution in [0.3, 0.4) is 0 Å². The molecular formula is C15H21NS. The van der Waals surface area contributed by atoms with Gasteiger partial charge in [-0.25, -0.2) is 0 Å².